The Hall–Kier alpha value is -2.82. The number of ether oxygens (including phenoxy) is 1. The SMILES string of the molecule is C[C@H]1C(O)O[C@H](CNS(=O)(=O)/C(C#N)=C/c2ccc(-c3ccc4cc(N5CCCCC5)ccc4c3)s2)[C@@H](O)[C@@H]1O. The van der Waals surface area contributed by atoms with Crippen molar-refractivity contribution in [3.63, 3.8) is 0 Å². The predicted octanol–water partition coefficient (Wildman–Crippen LogP) is 3.42. The van der Waals surface area contributed by atoms with Crippen LogP contribution in [-0.2, 0) is 14.8 Å². The summed E-state index contributed by atoms with van der Waals surface area (Å²) in [6.07, 6.45) is -0.158. The van der Waals surface area contributed by atoms with Crippen molar-refractivity contribution in [3.8, 4) is 16.5 Å². The van der Waals surface area contributed by atoms with Crippen LogP contribution in [0.4, 0.5) is 5.69 Å². The zero-order valence-corrected chi connectivity index (χ0v) is 23.7. The van der Waals surface area contributed by atoms with Gasteiger partial charge in [0.25, 0.3) is 10.0 Å². The predicted molar refractivity (Wildman–Crippen MR) is 156 cm³/mol. The van der Waals surface area contributed by atoms with Crippen LogP contribution in [0.15, 0.2) is 53.4 Å². The minimum atomic E-state index is -4.24. The number of nitrogens with zero attached hydrogens (tertiary/aromatic N) is 2. The molecule has 1 aromatic heterocycles. The third kappa shape index (κ3) is 6.09. The van der Waals surface area contributed by atoms with Gasteiger partial charge < -0.3 is 25.0 Å². The maximum Gasteiger partial charge on any atom is 0.250 e. The highest BCUT2D eigenvalue weighted by Gasteiger charge is 2.41. The molecule has 0 aliphatic carbocycles. The first-order chi connectivity index (χ1) is 19.2. The number of fused-ring (bicyclic) bond motifs is 1. The second kappa shape index (κ2) is 12.0. The normalized spacial score (nSPS) is 26.1. The van der Waals surface area contributed by atoms with Crippen LogP contribution in [0.5, 0.6) is 0 Å². The second-order valence-corrected chi connectivity index (χ2v) is 13.2. The average Bonchev–Trinajstić information content (AvgIpc) is 3.44. The Kier molecular flexibility index (Phi) is 8.58. The molecule has 2 fully saturated rings. The molecule has 5 rings (SSSR count). The van der Waals surface area contributed by atoms with Crippen LogP contribution in [0, 0.1) is 17.2 Å². The number of rotatable bonds is 7. The first-order valence-corrected chi connectivity index (χ1v) is 15.7. The third-order valence-electron chi connectivity index (χ3n) is 7.64. The number of aliphatic hydroxyl groups excluding tert-OH is 3. The van der Waals surface area contributed by atoms with Gasteiger partial charge in [0.15, 0.2) is 11.2 Å². The summed E-state index contributed by atoms with van der Waals surface area (Å²) in [6, 6.07) is 18.2. The number of thiophene rings is 1. The number of sulfonamides is 1. The highest BCUT2D eigenvalue weighted by Crippen LogP contribution is 2.33. The molecule has 0 amide bonds. The van der Waals surface area contributed by atoms with Crippen LogP contribution < -0.4 is 9.62 Å². The van der Waals surface area contributed by atoms with E-state index >= 15 is 0 Å². The number of allylic oxidation sites excluding steroid dienone is 1. The molecule has 40 heavy (non-hydrogen) atoms. The van der Waals surface area contributed by atoms with Crippen LogP contribution in [0.25, 0.3) is 27.3 Å². The second-order valence-electron chi connectivity index (χ2n) is 10.4. The van der Waals surface area contributed by atoms with E-state index in [2.05, 4.69) is 40.0 Å². The number of aliphatic hydroxyl groups is 3. The van der Waals surface area contributed by atoms with Crippen LogP contribution in [-0.4, -0.2) is 68.0 Å². The Morgan fingerprint density at radius 3 is 2.55 bits per heavy atom. The van der Waals surface area contributed by atoms with E-state index in [4.69, 9.17) is 4.74 Å². The van der Waals surface area contributed by atoms with Crippen molar-refractivity contribution in [3.05, 3.63) is 58.3 Å². The van der Waals surface area contributed by atoms with Gasteiger partial charge in [-0.2, -0.15) is 5.26 Å². The number of nitriles is 1. The summed E-state index contributed by atoms with van der Waals surface area (Å²) in [7, 11) is -4.24. The maximum atomic E-state index is 12.8. The highest BCUT2D eigenvalue weighted by molar-refractivity contribution is 7.93. The summed E-state index contributed by atoms with van der Waals surface area (Å²) in [6.45, 7) is 3.27. The standard InChI is InChI=1S/C29H33N3O6S2/c1-18-27(33)28(34)25(38-29(18)35)17-31-40(36,37)24(16-30)15-23-9-10-26(39-23)21-6-5-20-14-22(8-7-19(20)13-21)32-11-3-2-4-12-32/h5-10,13-15,18,25,27-29,31,33-35H,2-4,11-12,17H2,1H3/b24-15+/t18-,25-,27-,28-,29?/m1/s1. The Bertz CT molecular complexity index is 1540. The zero-order valence-electron chi connectivity index (χ0n) is 22.1. The van der Waals surface area contributed by atoms with Crippen LogP contribution in [0.3, 0.4) is 0 Å². The highest BCUT2D eigenvalue weighted by atomic mass is 32.2. The van der Waals surface area contributed by atoms with Crippen molar-refractivity contribution >= 4 is 43.9 Å². The van der Waals surface area contributed by atoms with Crippen molar-refractivity contribution in [2.24, 2.45) is 5.92 Å². The molecule has 2 saturated heterocycles. The van der Waals surface area contributed by atoms with E-state index in [9.17, 15) is 29.0 Å². The van der Waals surface area contributed by atoms with Crippen LogP contribution in [0.1, 0.15) is 31.1 Å². The Morgan fingerprint density at radius 2 is 1.80 bits per heavy atom. The topological polar surface area (TPSA) is 143 Å². The van der Waals surface area contributed by atoms with Crippen molar-refractivity contribution in [2.45, 2.75) is 50.8 Å². The first-order valence-electron chi connectivity index (χ1n) is 13.4. The van der Waals surface area contributed by atoms with Crippen molar-refractivity contribution < 1.29 is 28.5 Å². The van der Waals surface area contributed by atoms with E-state index < -0.39 is 52.0 Å². The molecule has 3 aromatic rings. The molecule has 0 radical (unpaired) electrons. The Labute approximate surface area is 238 Å². The third-order valence-corrected chi connectivity index (χ3v) is 10.1. The minimum absolute atomic E-state index is 0.421. The first kappa shape index (κ1) is 28.7. The Balaban J connectivity index is 1.29. The fraction of sp³-hybridized carbons (Fsp3) is 0.414. The van der Waals surface area contributed by atoms with E-state index in [1.54, 1.807) is 12.1 Å². The molecule has 11 heteroatoms. The molecule has 5 atom stereocenters. The molecule has 1 unspecified atom stereocenters. The lowest BCUT2D eigenvalue weighted by Crippen LogP contribution is -2.56. The maximum absolute atomic E-state index is 12.8. The van der Waals surface area contributed by atoms with E-state index in [1.165, 1.54) is 49.3 Å². The monoisotopic (exact) mass is 583 g/mol. The van der Waals surface area contributed by atoms with Crippen molar-refractivity contribution in [1.29, 1.82) is 5.26 Å². The van der Waals surface area contributed by atoms with Gasteiger partial charge in [0.2, 0.25) is 0 Å². The lowest BCUT2D eigenvalue weighted by atomic mass is 9.92. The molecule has 0 spiro atoms. The smallest absolute Gasteiger partial charge is 0.250 e. The molecule has 9 nitrogen and oxygen atoms in total. The lowest BCUT2D eigenvalue weighted by molar-refractivity contribution is -0.257. The van der Waals surface area contributed by atoms with Gasteiger partial charge in [0.05, 0.1) is 6.10 Å². The molecular formula is C29H33N3O6S2. The molecule has 3 heterocycles. The molecule has 4 N–H and O–H groups in total. The number of anilines is 1. The summed E-state index contributed by atoms with van der Waals surface area (Å²) in [5, 5.41) is 42.0. The average molecular weight is 584 g/mol. The lowest BCUT2D eigenvalue weighted by Gasteiger charge is -2.39. The summed E-state index contributed by atoms with van der Waals surface area (Å²) >= 11 is 1.37. The number of hydrogen-bond acceptors (Lipinski definition) is 9. The fourth-order valence-electron chi connectivity index (χ4n) is 5.14. The van der Waals surface area contributed by atoms with Crippen molar-refractivity contribution in [2.75, 3.05) is 24.5 Å². The fourth-order valence-corrected chi connectivity index (χ4v) is 7.11. The van der Waals surface area contributed by atoms with Gasteiger partial charge in [-0.3, -0.25) is 0 Å². The summed E-state index contributed by atoms with van der Waals surface area (Å²) in [4.78, 5) is 3.46. The molecular weight excluding hydrogens is 550 g/mol. The number of nitrogens with one attached hydrogen (secondary N) is 1. The van der Waals surface area contributed by atoms with Crippen molar-refractivity contribution in [1.82, 2.24) is 4.72 Å². The molecule has 0 bridgehead atoms. The van der Waals surface area contributed by atoms with Gasteiger partial charge in [0.1, 0.15) is 18.3 Å². The van der Waals surface area contributed by atoms with Gasteiger partial charge in [-0.15, -0.1) is 11.3 Å². The van der Waals surface area contributed by atoms with Gasteiger partial charge in [-0.25, -0.2) is 13.1 Å². The van der Waals surface area contributed by atoms with E-state index in [1.807, 2.05) is 12.1 Å². The summed E-state index contributed by atoms with van der Waals surface area (Å²) < 4.78 is 33.2. The van der Waals surface area contributed by atoms with E-state index in [0.717, 1.165) is 34.3 Å². The number of piperidine rings is 1. The summed E-state index contributed by atoms with van der Waals surface area (Å²) in [5.41, 5.74) is 2.24. The molecule has 0 saturated carbocycles. The molecule has 2 aliphatic rings. The van der Waals surface area contributed by atoms with E-state index in [0.29, 0.717) is 4.88 Å². The van der Waals surface area contributed by atoms with Gasteiger partial charge in [-0.1, -0.05) is 25.1 Å². The van der Waals surface area contributed by atoms with E-state index in [-0.39, 0.29) is 0 Å². The molecule has 2 aliphatic heterocycles. The van der Waals surface area contributed by atoms with Gasteiger partial charge in [-0.05, 0) is 72.0 Å². The number of hydrogen-bond donors (Lipinski definition) is 4. The van der Waals surface area contributed by atoms with Crippen LogP contribution >= 0.6 is 11.3 Å². The van der Waals surface area contributed by atoms with Gasteiger partial charge in [0, 0.05) is 41.0 Å². The summed E-state index contributed by atoms with van der Waals surface area (Å²) in [5.74, 6) is -0.731. The van der Waals surface area contributed by atoms with Gasteiger partial charge >= 0.3 is 0 Å². The van der Waals surface area contributed by atoms with Crippen LogP contribution in [0.2, 0.25) is 0 Å². The quantitative estimate of drug-likeness (QED) is 0.310. The number of benzene rings is 2. The Morgan fingerprint density at radius 1 is 1.07 bits per heavy atom. The zero-order chi connectivity index (χ0) is 28.4. The largest absolute Gasteiger partial charge is 0.390 e. The minimum Gasteiger partial charge on any atom is -0.390 e. The molecule has 212 valence electrons. The molecule has 2 aromatic carbocycles.